The van der Waals surface area contributed by atoms with Gasteiger partial charge in [-0.05, 0) is 19.9 Å². The molecule has 1 rings (SSSR count). The van der Waals surface area contributed by atoms with Gasteiger partial charge in [-0.25, -0.2) is 4.98 Å². The molecule has 3 heteroatoms. The summed E-state index contributed by atoms with van der Waals surface area (Å²) in [6.45, 7) is 7.73. The molecular weight excluding hydrogens is 180 g/mol. The Morgan fingerprint density at radius 1 is 1.54 bits per heavy atom. The zero-order chi connectivity index (χ0) is 9.68. The Morgan fingerprint density at radius 2 is 2.31 bits per heavy atom. The van der Waals surface area contributed by atoms with Crippen LogP contribution >= 0.6 is 11.3 Å². The van der Waals surface area contributed by atoms with Crippen molar-refractivity contribution in [2.45, 2.75) is 39.2 Å². The fourth-order valence-corrected chi connectivity index (χ4v) is 2.02. The van der Waals surface area contributed by atoms with E-state index in [0.717, 1.165) is 6.54 Å². The normalized spacial score (nSPS) is 15.6. The highest BCUT2D eigenvalue weighted by molar-refractivity contribution is 7.09. The largest absolute Gasteiger partial charge is 0.314 e. The van der Waals surface area contributed by atoms with Crippen molar-refractivity contribution >= 4 is 11.3 Å². The Labute approximate surface area is 84.4 Å². The van der Waals surface area contributed by atoms with Gasteiger partial charge in [-0.3, -0.25) is 0 Å². The highest BCUT2D eigenvalue weighted by Gasteiger charge is 2.15. The molecule has 1 heterocycles. The van der Waals surface area contributed by atoms with Gasteiger partial charge in [-0.2, -0.15) is 0 Å². The molecule has 2 atom stereocenters. The third-order valence-corrected chi connectivity index (χ3v) is 3.28. The molecule has 0 saturated heterocycles. The van der Waals surface area contributed by atoms with Gasteiger partial charge in [0.1, 0.15) is 0 Å². The highest BCUT2D eigenvalue weighted by atomic mass is 32.1. The lowest BCUT2D eigenvalue weighted by Gasteiger charge is -2.18. The molecule has 0 aromatic carbocycles. The first-order valence-corrected chi connectivity index (χ1v) is 5.76. The summed E-state index contributed by atoms with van der Waals surface area (Å²) in [6, 6.07) is 0.520. The van der Waals surface area contributed by atoms with E-state index in [-0.39, 0.29) is 0 Å². The molecule has 1 aromatic heterocycles. The van der Waals surface area contributed by atoms with Crippen LogP contribution < -0.4 is 5.32 Å². The Hall–Kier alpha value is -0.410. The van der Waals surface area contributed by atoms with Crippen LogP contribution in [-0.4, -0.2) is 17.6 Å². The zero-order valence-electron chi connectivity index (χ0n) is 8.58. The maximum atomic E-state index is 4.32. The average molecular weight is 198 g/mol. The molecule has 0 saturated carbocycles. The van der Waals surface area contributed by atoms with Gasteiger partial charge >= 0.3 is 0 Å². The van der Waals surface area contributed by atoms with Crippen molar-refractivity contribution in [1.29, 1.82) is 0 Å². The summed E-state index contributed by atoms with van der Waals surface area (Å²) in [4.78, 5) is 4.32. The van der Waals surface area contributed by atoms with Gasteiger partial charge in [0.25, 0.3) is 0 Å². The lowest BCUT2D eigenvalue weighted by atomic mass is 10.1. The molecule has 0 bridgehead atoms. The van der Waals surface area contributed by atoms with Gasteiger partial charge in [-0.1, -0.05) is 13.8 Å². The lowest BCUT2D eigenvalue weighted by molar-refractivity contribution is 0.480. The highest BCUT2D eigenvalue weighted by Crippen LogP contribution is 2.20. The molecule has 0 radical (unpaired) electrons. The van der Waals surface area contributed by atoms with E-state index < -0.39 is 0 Å². The van der Waals surface area contributed by atoms with E-state index in [9.17, 15) is 0 Å². The molecule has 0 aliphatic rings. The van der Waals surface area contributed by atoms with Crippen molar-refractivity contribution in [3.63, 3.8) is 0 Å². The molecule has 1 aromatic rings. The summed E-state index contributed by atoms with van der Waals surface area (Å²) in [5.41, 5.74) is 0. The average Bonchev–Trinajstić information content (AvgIpc) is 2.65. The maximum absolute atomic E-state index is 4.32. The fraction of sp³-hybridized carbons (Fsp3) is 0.700. The predicted molar refractivity (Wildman–Crippen MR) is 58.3 cm³/mol. The van der Waals surface area contributed by atoms with Crippen LogP contribution in [0.1, 0.15) is 38.1 Å². The van der Waals surface area contributed by atoms with E-state index in [0.29, 0.717) is 12.0 Å². The Kier molecular flexibility index (Phi) is 4.39. The SMILES string of the molecule is CCCNC(C)C(C)c1nccs1. The van der Waals surface area contributed by atoms with Crippen molar-refractivity contribution in [3.8, 4) is 0 Å². The van der Waals surface area contributed by atoms with Crippen LogP contribution in [0.2, 0.25) is 0 Å². The van der Waals surface area contributed by atoms with E-state index in [1.807, 2.05) is 11.6 Å². The van der Waals surface area contributed by atoms with Crippen molar-refractivity contribution in [3.05, 3.63) is 16.6 Å². The van der Waals surface area contributed by atoms with Crippen LogP contribution in [0.4, 0.5) is 0 Å². The molecule has 2 unspecified atom stereocenters. The van der Waals surface area contributed by atoms with E-state index in [4.69, 9.17) is 0 Å². The van der Waals surface area contributed by atoms with E-state index in [2.05, 4.69) is 31.1 Å². The van der Waals surface area contributed by atoms with E-state index >= 15 is 0 Å². The monoisotopic (exact) mass is 198 g/mol. The lowest BCUT2D eigenvalue weighted by Crippen LogP contribution is -2.31. The summed E-state index contributed by atoms with van der Waals surface area (Å²) >= 11 is 1.74. The topological polar surface area (TPSA) is 24.9 Å². The number of hydrogen-bond acceptors (Lipinski definition) is 3. The van der Waals surface area contributed by atoms with Gasteiger partial charge in [-0.15, -0.1) is 11.3 Å². The molecule has 0 aliphatic heterocycles. The molecule has 13 heavy (non-hydrogen) atoms. The minimum atomic E-state index is 0.520. The molecule has 2 nitrogen and oxygen atoms in total. The maximum Gasteiger partial charge on any atom is 0.0968 e. The first-order valence-electron chi connectivity index (χ1n) is 4.88. The fourth-order valence-electron chi connectivity index (χ4n) is 1.22. The van der Waals surface area contributed by atoms with Crippen LogP contribution in [0.25, 0.3) is 0 Å². The predicted octanol–water partition coefficient (Wildman–Crippen LogP) is 2.63. The molecule has 0 spiro atoms. The third kappa shape index (κ3) is 3.08. The van der Waals surface area contributed by atoms with E-state index in [1.54, 1.807) is 11.3 Å². The number of aromatic nitrogens is 1. The summed E-state index contributed by atoms with van der Waals surface area (Å²) in [6.07, 6.45) is 3.07. The molecule has 1 N–H and O–H groups in total. The molecular formula is C10H18N2S. The standard InChI is InChI=1S/C10H18N2S/c1-4-5-11-9(3)8(2)10-12-6-7-13-10/h6-9,11H,4-5H2,1-3H3. The summed E-state index contributed by atoms with van der Waals surface area (Å²) in [7, 11) is 0. The van der Waals surface area contributed by atoms with Crippen LogP contribution in [-0.2, 0) is 0 Å². The number of rotatable bonds is 5. The summed E-state index contributed by atoms with van der Waals surface area (Å²) in [5, 5.41) is 6.76. The van der Waals surface area contributed by atoms with Crippen LogP contribution in [0.3, 0.4) is 0 Å². The quantitative estimate of drug-likeness (QED) is 0.786. The van der Waals surface area contributed by atoms with Gasteiger partial charge < -0.3 is 5.32 Å². The molecule has 0 fully saturated rings. The second-order valence-corrected chi connectivity index (χ2v) is 4.33. The van der Waals surface area contributed by atoms with Crippen molar-refractivity contribution in [2.24, 2.45) is 0 Å². The van der Waals surface area contributed by atoms with Crippen molar-refractivity contribution < 1.29 is 0 Å². The first-order chi connectivity index (χ1) is 6.25. The summed E-state index contributed by atoms with van der Waals surface area (Å²) in [5.74, 6) is 0.520. The minimum Gasteiger partial charge on any atom is -0.314 e. The molecule has 74 valence electrons. The second kappa shape index (κ2) is 5.35. The Morgan fingerprint density at radius 3 is 2.85 bits per heavy atom. The van der Waals surface area contributed by atoms with Crippen LogP contribution in [0.15, 0.2) is 11.6 Å². The third-order valence-electron chi connectivity index (χ3n) is 2.31. The van der Waals surface area contributed by atoms with Gasteiger partial charge in [0.15, 0.2) is 0 Å². The molecule has 0 aliphatic carbocycles. The second-order valence-electron chi connectivity index (χ2n) is 3.40. The minimum absolute atomic E-state index is 0.520. The van der Waals surface area contributed by atoms with Gasteiger partial charge in [0.05, 0.1) is 5.01 Å². The number of nitrogens with one attached hydrogen (secondary N) is 1. The Bertz CT molecular complexity index is 221. The van der Waals surface area contributed by atoms with Gasteiger partial charge in [0.2, 0.25) is 0 Å². The number of nitrogens with zero attached hydrogens (tertiary/aromatic N) is 1. The Balaban J connectivity index is 2.43. The van der Waals surface area contributed by atoms with Crippen molar-refractivity contribution in [1.82, 2.24) is 10.3 Å². The number of thiazole rings is 1. The molecule has 0 amide bonds. The zero-order valence-corrected chi connectivity index (χ0v) is 9.40. The summed E-state index contributed by atoms with van der Waals surface area (Å²) < 4.78 is 0. The number of hydrogen-bond donors (Lipinski definition) is 1. The smallest absolute Gasteiger partial charge is 0.0968 e. The van der Waals surface area contributed by atoms with Crippen LogP contribution in [0, 0.1) is 0 Å². The first kappa shape index (κ1) is 10.7. The van der Waals surface area contributed by atoms with Gasteiger partial charge in [0, 0.05) is 23.5 Å². The van der Waals surface area contributed by atoms with E-state index in [1.165, 1.54) is 11.4 Å². The van der Waals surface area contributed by atoms with Crippen molar-refractivity contribution in [2.75, 3.05) is 6.54 Å². The van der Waals surface area contributed by atoms with Crippen LogP contribution in [0.5, 0.6) is 0 Å².